The molecule has 0 saturated carbocycles. The standard InChI is InChI=1S/C22H23N5O3/c1-3-26(4-2)20(16-10-6-5-7-11-16)15-24-22-18(14-23)25-21(30-22)17-12-8-9-13-19(17)27(28)29/h5-13,20,24H,3-4,15H2,1-2H3. The molecule has 0 amide bonds. The Bertz CT molecular complexity index is 1040. The SMILES string of the molecule is CCN(CC)C(CNc1oc(-c2ccccc2[N+](=O)[O-])nc1C#N)c1ccccc1. The average molecular weight is 405 g/mol. The molecule has 0 aliphatic carbocycles. The Hall–Kier alpha value is -3.70. The largest absolute Gasteiger partial charge is 0.419 e. The van der Waals surface area contributed by atoms with Gasteiger partial charge in [-0.15, -0.1) is 0 Å². The molecule has 0 saturated heterocycles. The molecule has 8 nitrogen and oxygen atoms in total. The van der Waals surface area contributed by atoms with Crippen LogP contribution in [0.4, 0.5) is 11.6 Å². The lowest BCUT2D eigenvalue weighted by atomic mass is 10.1. The number of oxazole rings is 1. The van der Waals surface area contributed by atoms with E-state index in [2.05, 4.69) is 41.2 Å². The fourth-order valence-corrected chi connectivity index (χ4v) is 3.43. The fourth-order valence-electron chi connectivity index (χ4n) is 3.43. The highest BCUT2D eigenvalue weighted by molar-refractivity contribution is 5.68. The van der Waals surface area contributed by atoms with E-state index < -0.39 is 4.92 Å². The highest BCUT2D eigenvalue weighted by atomic mass is 16.6. The Morgan fingerprint density at radius 2 is 1.83 bits per heavy atom. The molecule has 1 aromatic heterocycles. The first-order valence-electron chi connectivity index (χ1n) is 9.76. The van der Waals surface area contributed by atoms with Gasteiger partial charge in [-0.2, -0.15) is 10.2 Å². The van der Waals surface area contributed by atoms with Crippen LogP contribution >= 0.6 is 0 Å². The van der Waals surface area contributed by atoms with Crippen molar-refractivity contribution in [3.05, 3.63) is 76.0 Å². The van der Waals surface area contributed by atoms with Gasteiger partial charge in [0.25, 0.3) is 5.69 Å². The molecule has 2 aromatic carbocycles. The van der Waals surface area contributed by atoms with E-state index in [9.17, 15) is 15.4 Å². The van der Waals surface area contributed by atoms with Crippen molar-refractivity contribution >= 4 is 11.6 Å². The van der Waals surface area contributed by atoms with Crippen molar-refractivity contribution in [3.63, 3.8) is 0 Å². The first-order valence-corrected chi connectivity index (χ1v) is 9.76. The van der Waals surface area contributed by atoms with Crippen LogP contribution in [0, 0.1) is 21.4 Å². The second-order valence-electron chi connectivity index (χ2n) is 6.61. The van der Waals surface area contributed by atoms with E-state index in [1.807, 2.05) is 24.3 Å². The van der Waals surface area contributed by atoms with Crippen molar-refractivity contribution in [2.75, 3.05) is 25.0 Å². The second kappa shape index (κ2) is 9.67. The van der Waals surface area contributed by atoms with Crippen LogP contribution in [0.2, 0.25) is 0 Å². The van der Waals surface area contributed by atoms with Gasteiger partial charge in [-0.25, -0.2) is 0 Å². The molecule has 0 bridgehead atoms. The van der Waals surface area contributed by atoms with Gasteiger partial charge >= 0.3 is 0 Å². The summed E-state index contributed by atoms with van der Waals surface area (Å²) in [5, 5.41) is 24.0. The predicted molar refractivity (Wildman–Crippen MR) is 114 cm³/mol. The van der Waals surface area contributed by atoms with Gasteiger partial charge in [-0.3, -0.25) is 15.0 Å². The number of hydrogen-bond donors (Lipinski definition) is 1. The molecule has 0 fully saturated rings. The summed E-state index contributed by atoms with van der Waals surface area (Å²) in [5.41, 5.74) is 1.32. The molecule has 1 N–H and O–H groups in total. The van der Waals surface area contributed by atoms with Crippen LogP contribution < -0.4 is 5.32 Å². The normalized spacial score (nSPS) is 11.8. The summed E-state index contributed by atoms with van der Waals surface area (Å²) in [5.74, 6) is 0.249. The van der Waals surface area contributed by atoms with E-state index in [1.165, 1.54) is 6.07 Å². The van der Waals surface area contributed by atoms with Gasteiger partial charge in [0.15, 0.2) is 0 Å². The third-order valence-electron chi connectivity index (χ3n) is 4.96. The average Bonchev–Trinajstić information content (AvgIpc) is 3.20. The Morgan fingerprint density at radius 3 is 2.47 bits per heavy atom. The number of nitrogens with zero attached hydrogens (tertiary/aromatic N) is 4. The van der Waals surface area contributed by atoms with Crippen molar-refractivity contribution in [2.45, 2.75) is 19.9 Å². The molecule has 3 aromatic rings. The Labute approximate surface area is 174 Å². The number of likely N-dealkylation sites (N-methyl/N-ethyl adjacent to an activating group) is 1. The van der Waals surface area contributed by atoms with Gasteiger partial charge in [0, 0.05) is 12.6 Å². The third kappa shape index (κ3) is 4.47. The quantitative estimate of drug-likeness (QED) is 0.409. The molecular weight excluding hydrogens is 382 g/mol. The minimum Gasteiger partial charge on any atom is -0.419 e. The number of nitriles is 1. The van der Waals surface area contributed by atoms with E-state index >= 15 is 0 Å². The van der Waals surface area contributed by atoms with Crippen molar-refractivity contribution in [1.82, 2.24) is 9.88 Å². The highest BCUT2D eigenvalue weighted by Gasteiger charge is 2.23. The van der Waals surface area contributed by atoms with Crippen LogP contribution in [0.5, 0.6) is 0 Å². The van der Waals surface area contributed by atoms with Crippen molar-refractivity contribution < 1.29 is 9.34 Å². The molecule has 0 radical (unpaired) electrons. The highest BCUT2D eigenvalue weighted by Crippen LogP contribution is 2.32. The predicted octanol–water partition coefficient (Wildman–Crippen LogP) is 4.62. The molecule has 1 atom stereocenters. The minimum atomic E-state index is -0.496. The number of anilines is 1. The maximum atomic E-state index is 11.3. The summed E-state index contributed by atoms with van der Waals surface area (Å²) in [6.45, 7) is 6.41. The number of para-hydroxylation sites is 1. The number of rotatable bonds is 9. The number of nitro benzene ring substituents is 1. The molecule has 1 heterocycles. The van der Waals surface area contributed by atoms with Crippen LogP contribution in [-0.4, -0.2) is 34.4 Å². The number of aromatic nitrogens is 1. The fraction of sp³-hybridized carbons (Fsp3) is 0.273. The first kappa shape index (κ1) is 21.0. The van der Waals surface area contributed by atoms with Crippen molar-refractivity contribution in [3.8, 4) is 17.5 Å². The lowest BCUT2D eigenvalue weighted by Gasteiger charge is -2.30. The third-order valence-corrected chi connectivity index (χ3v) is 4.96. The van der Waals surface area contributed by atoms with Gasteiger partial charge < -0.3 is 9.73 Å². The second-order valence-corrected chi connectivity index (χ2v) is 6.61. The number of nitro groups is 1. The lowest BCUT2D eigenvalue weighted by Crippen LogP contribution is -2.33. The number of nitrogens with one attached hydrogen (secondary N) is 1. The molecule has 154 valence electrons. The summed E-state index contributed by atoms with van der Waals surface area (Å²) < 4.78 is 5.75. The monoisotopic (exact) mass is 405 g/mol. The zero-order chi connectivity index (χ0) is 21.5. The van der Waals surface area contributed by atoms with E-state index in [0.29, 0.717) is 6.54 Å². The number of benzene rings is 2. The van der Waals surface area contributed by atoms with Crippen molar-refractivity contribution in [1.29, 1.82) is 5.26 Å². The first-order chi connectivity index (χ1) is 14.6. The molecule has 8 heteroatoms. The van der Waals surface area contributed by atoms with Crippen LogP contribution in [0.15, 0.2) is 59.0 Å². The smallest absolute Gasteiger partial charge is 0.282 e. The Morgan fingerprint density at radius 1 is 1.17 bits per heavy atom. The number of hydrogen-bond acceptors (Lipinski definition) is 7. The summed E-state index contributed by atoms with van der Waals surface area (Å²) in [6, 6.07) is 18.3. The van der Waals surface area contributed by atoms with Gasteiger partial charge in [0.05, 0.1) is 11.0 Å². The summed E-state index contributed by atoms with van der Waals surface area (Å²) in [6.07, 6.45) is 0. The Balaban J connectivity index is 1.90. The summed E-state index contributed by atoms with van der Waals surface area (Å²) in [4.78, 5) is 17.3. The van der Waals surface area contributed by atoms with E-state index in [1.54, 1.807) is 18.2 Å². The maximum Gasteiger partial charge on any atom is 0.282 e. The molecule has 1 unspecified atom stereocenters. The topological polar surface area (TPSA) is 108 Å². The van der Waals surface area contributed by atoms with E-state index in [-0.39, 0.29) is 34.8 Å². The van der Waals surface area contributed by atoms with E-state index in [4.69, 9.17) is 4.42 Å². The maximum absolute atomic E-state index is 11.3. The zero-order valence-corrected chi connectivity index (χ0v) is 16.9. The molecule has 0 spiro atoms. The molecule has 0 aliphatic heterocycles. The zero-order valence-electron chi connectivity index (χ0n) is 16.9. The van der Waals surface area contributed by atoms with Gasteiger partial charge in [0.1, 0.15) is 11.6 Å². The van der Waals surface area contributed by atoms with Crippen molar-refractivity contribution in [2.24, 2.45) is 0 Å². The molecule has 0 aliphatic rings. The van der Waals surface area contributed by atoms with Crippen LogP contribution in [-0.2, 0) is 0 Å². The van der Waals surface area contributed by atoms with Crippen LogP contribution in [0.25, 0.3) is 11.5 Å². The molecule has 3 rings (SSSR count). The van der Waals surface area contributed by atoms with Gasteiger partial charge in [-0.05, 0) is 24.7 Å². The van der Waals surface area contributed by atoms with Crippen LogP contribution in [0.1, 0.15) is 31.1 Å². The Kier molecular flexibility index (Phi) is 6.78. The van der Waals surface area contributed by atoms with E-state index in [0.717, 1.165) is 18.7 Å². The summed E-state index contributed by atoms with van der Waals surface area (Å²) >= 11 is 0. The molecule has 30 heavy (non-hydrogen) atoms. The minimum absolute atomic E-state index is 0.0421. The van der Waals surface area contributed by atoms with Crippen LogP contribution in [0.3, 0.4) is 0 Å². The van der Waals surface area contributed by atoms with Gasteiger partial charge in [0.2, 0.25) is 17.5 Å². The lowest BCUT2D eigenvalue weighted by molar-refractivity contribution is -0.384. The molecular formula is C22H23N5O3. The van der Waals surface area contributed by atoms with Gasteiger partial charge in [-0.1, -0.05) is 56.3 Å². The summed E-state index contributed by atoms with van der Waals surface area (Å²) in [7, 11) is 0.